The van der Waals surface area contributed by atoms with Crippen molar-refractivity contribution in [2.75, 3.05) is 26.9 Å². The first-order chi connectivity index (χ1) is 21.4. The number of carbonyl (C=O) groups is 5. The maximum atomic E-state index is 13.8. The van der Waals surface area contributed by atoms with Crippen molar-refractivity contribution in [1.29, 1.82) is 0 Å². The van der Waals surface area contributed by atoms with E-state index in [0.29, 0.717) is 43.4 Å². The van der Waals surface area contributed by atoms with Crippen molar-refractivity contribution < 1.29 is 42.9 Å². The molecule has 1 fully saturated rings. The number of amides is 1. The normalized spacial score (nSPS) is 15.4. The summed E-state index contributed by atoms with van der Waals surface area (Å²) in [4.78, 5) is 64.8. The van der Waals surface area contributed by atoms with Gasteiger partial charge in [0, 0.05) is 12.6 Å². The highest BCUT2D eigenvalue weighted by Gasteiger charge is 2.42. The first-order valence-electron chi connectivity index (χ1n) is 15.1. The van der Waals surface area contributed by atoms with Crippen LogP contribution in [0, 0.1) is 12.3 Å². The van der Waals surface area contributed by atoms with Crippen LogP contribution < -0.4 is 9.47 Å². The number of ether oxygens (including phenoxy) is 4. The van der Waals surface area contributed by atoms with Gasteiger partial charge in [-0.3, -0.25) is 14.4 Å². The number of carbonyl (C=O) groups excluding carboxylic acids is 5. The van der Waals surface area contributed by atoms with Crippen molar-refractivity contribution in [3.8, 4) is 11.5 Å². The van der Waals surface area contributed by atoms with Crippen LogP contribution in [0.25, 0.3) is 0 Å². The van der Waals surface area contributed by atoms with Gasteiger partial charge in [-0.05, 0) is 94.7 Å². The lowest BCUT2D eigenvalue weighted by Gasteiger charge is -2.36. The Hall–Kier alpha value is -4.47. The summed E-state index contributed by atoms with van der Waals surface area (Å²) in [5.74, 6) is -1.82. The van der Waals surface area contributed by atoms with Crippen molar-refractivity contribution in [1.82, 2.24) is 4.90 Å². The molecule has 0 bridgehead atoms. The molecule has 0 N–H and O–H groups in total. The highest BCUT2D eigenvalue weighted by Crippen LogP contribution is 2.31. The number of methoxy groups -OCH3 is 1. The fourth-order valence-corrected chi connectivity index (χ4v) is 5.04. The fourth-order valence-electron chi connectivity index (χ4n) is 5.04. The number of piperidine rings is 1. The Morgan fingerprint density at radius 2 is 1.84 bits per heavy atom. The average Bonchev–Trinajstić information content (AvgIpc) is 3.04. The van der Waals surface area contributed by atoms with Crippen LogP contribution in [0.3, 0.4) is 0 Å². The number of ketones is 2. The van der Waals surface area contributed by atoms with Gasteiger partial charge in [-0.25, -0.2) is 9.59 Å². The van der Waals surface area contributed by atoms with E-state index in [0.717, 1.165) is 23.0 Å². The third-order valence-corrected chi connectivity index (χ3v) is 7.68. The highest BCUT2D eigenvalue weighted by atomic mass is 16.5. The summed E-state index contributed by atoms with van der Waals surface area (Å²) in [5.41, 5.74) is 1.35. The van der Waals surface area contributed by atoms with Crippen LogP contribution in [-0.4, -0.2) is 67.2 Å². The van der Waals surface area contributed by atoms with Gasteiger partial charge in [0.2, 0.25) is 5.78 Å². The molecule has 2 atom stereocenters. The van der Waals surface area contributed by atoms with E-state index in [9.17, 15) is 24.0 Å². The Morgan fingerprint density at radius 1 is 1.09 bits per heavy atom. The molecule has 10 nitrogen and oxygen atoms in total. The van der Waals surface area contributed by atoms with E-state index in [1.54, 1.807) is 25.3 Å². The van der Waals surface area contributed by atoms with Gasteiger partial charge in [0.25, 0.3) is 5.91 Å². The van der Waals surface area contributed by atoms with Crippen LogP contribution in [0.1, 0.15) is 69.2 Å². The van der Waals surface area contributed by atoms with Crippen LogP contribution in [-0.2, 0) is 39.9 Å². The van der Waals surface area contributed by atoms with Crippen molar-refractivity contribution in [2.24, 2.45) is 5.41 Å². The molecule has 0 unspecified atom stereocenters. The van der Waals surface area contributed by atoms with E-state index < -0.39 is 41.2 Å². The van der Waals surface area contributed by atoms with Crippen LogP contribution in [0.2, 0.25) is 0 Å². The molecule has 45 heavy (non-hydrogen) atoms. The number of likely N-dealkylation sites (tertiary alicyclic amines) is 1. The lowest BCUT2D eigenvalue weighted by molar-refractivity contribution is -0.165. The summed E-state index contributed by atoms with van der Waals surface area (Å²) in [7, 11) is 1.61. The Bertz CT molecular complexity index is 1410. The zero-order valence-electron chi connectivity index (χ0n) is 26.8. The minimum absolute atomic E-state index is 0.0899. The second-order valence-electron chi connectivity index (χ2n) is 11.9. The molecule has 2 aromatic rings. The molecule has 0 aliphatic carbocycles. The summed E-state index contributed by atoms with van der Waals surface area (Å²) < 4.78 is 22.2. The number of rotatable bonds is 15. The third-order valence-electron chi connectivity index (χ3n) is 7.68. The third kappa shape index (κ3) is 9.76. The summed E-state index contributed by atoms with van der Waals surface area (Å²) >= 11 is 0. The average molecular weight is 622 g/mol. The van der Waals surface area contributed by atoms with Crippen molar-refractivity contribution in [3.63, 3.8) is 0 Å². The monoisotopic (exact) mass is 621 g/mol. The zero-order chi connectivity index (χ0) is 33.1. The van der Waals surface area contributed by atoms with Gasteiger partial charge in [-0.1, -0.05) is 30.8 Å². The van der Waals surface area contributed by atoms with Crippen LogP contribution in [0.5, 0.6) is 11.5 Å². The van der Waals surface area contributed by atoms with Crippen LogP contribution in [0.15, 0.2) is 55.1 Å². The van der Waals surface area contributed by atoms with E-state index in [1.165, 1.54) is 25.7 Å². The number of esters is 2. The van der Waals surface area contributed by atoms with Gasteiger partial charge in [-0.2, -0.15) is 0 Å². The molecule has 2 aromatic carbocycles. The van der Waals surface area contributed by atoms with E-state index >= 15 is 0 Å². The number of benzene rings is 2. The number of hydrogen-bond acceptors (Lipinski definition) is 9. The second kappa shape index (κ2) is 16.0. The Labute approximate surface area is 264 Å². The summed E-state index contributed by atoms with van der Waals surface area (Å²) in [6.07, 6.45) is 2.88. The number of nitrogens with zero attached hydrogens (tertiary/aromatic N) is 1. The molecule has 0 spiro atoms. The maximum Gasteiger partial charge on any atom is 0.330 e. The van der Waals surface area contributed by atoms with E-state index in [2.05, 4.69) is 6.58 Å². The maximum absolute atomic E-state index is 13.8. The lowest BCUT2D eigenvalue weighted by Crippen LogP contribution is -2.53. The van der Waals surface area contributed by atoms with Crippen molar-refractivity contribution in [2.45, 2.75) is 71.9 Å². The number of hydrogen-bond donors (Lipinski definition) is 0. The number of Topliss-reactive ketones (excluding diaryl/α,β-unsaturated/α-hetero) is 2. The quantitative estimate of drug-likeness (QED) is 0.155. The molecule has 0 saturated carbocycles. The standard InChI is InChI=1S/C35H43NO9/c1-7-31(38)44-22-35(4,5)32(39)33(40)36-18-9-8-13-28(36)34(41)45-29(17-16-25-15-14-23(2)30(19-25)42-6)26-11-10-12-27(20-26)43-21-24(3)37/h7,10-12,14-15,19-20,28-29H,1,8-9,13,16-18,21-22H2,2-6H3/t28-,29+/m0/s1. The molecule has 0 aromatic heterocycles. The van der Waals surface area contributed by atoms with Gasteiger partial charge in [0.15, 0.2) is 5.78 Å². The van der Waals surface area contributed by atoms with Gasteiger partial charge in [0.05, 0.1) is 12.5 Å². The number of aryl methyl sites for hydroxylation is 2. The first kappa shape index (κ1) is 35.0. The molecule has 0 radical (unpaired) electrons. The second-order valence-corrected chi connectivity index (χ2v) is 11.9. The van der Waals surface area contributed by atoms with Crippen molar-refractivity contribution >= 4 is 29.4 Å². The molecule has 242 valence electrons. The Balaban J connectivity index is 1.84. The topological polar surface area (TPSA) is 126 Å². The Kier molecular flexibility index (Phi) is 12.5. The molecule has 10 heteroatoms. The Morgan fingerprint density at radius 3 is 2.53 bits per heavy atom. The zero-order valence-corrected chi connectivity index (χ0v) is 26.8. The van der Waals surface area contributed by atoms with Gasteiger partial charge in [-0.15, -0.1) is 0 Å². The molecular weight excluding hydrogens is 578 g/mol. The molecule has 1 aliphatic rings. The molecule has 1 amide bonds. The van der Waals surface area contributed by atoms with E-state index in [1.807, 2.05) is 31.2 Å². The van der Waals surface area contributed by atoms with Gasteiger partial charge in [0.1, 0.15) is 36.9 Å². The van der Waals surface area contributed by atoms with Crippen molar-refractivity contribution in [3.05, 3.63) is 71.8 Å². The summed E-state index contributed by atoms with van der Waals surface area (Å²) in [6, 6.07) is 12.0. The van der Waals surface area contributed by atoms with Crippen LogP contribution in [0.4, 0.5) is 0 Å². The molecule has 1 heterocycles. The minimum Gasteiger partial charge on any atom is -0.496 e. The highest BCUT2D eigenvalue weighted by molar-refractivity contribution is 6.38. The SMILES string of the molecule is C=CC(=O)OCC(C)(C)C(=O)C(=O)N1CCCC[C@H]1C(=O)O[C@H](CCc1ccc(C)c(OC)c1)c1cccc(OCC(C)=O)c1. The minimum atomic E-state index is -1.31. The molecule has 3 rings (SSSR count). The predicted molar refractivity (Wildman–Crippen MR) is 167 cm³/mol. The molecule has 1 saturated heterocycles. The first-order valence-corrected chi connectivity index (χ1v) is 15.1. The van der Waals surface area contributed by atoms with Gasteiger partial charge < -0.3 is 23.8 Å². The van der Waals surface area contributed by atoms with E-state index in [4.69, 9.17) is 18.9 Å². The summed E-state index contributed by atoms with van der Waals surface area (Å²) in [5, 5.41) is 0. The largest absolute Gasteiger partial charge is 0.496 e. The smallest absolute Gasteiger partial charge is 0.330 e. The predicted octanol–water partition coefficient (Wildman–Crippen LogP) is 4.89. The van der Waals surface area contributed by atoms with E-state index in [-0.39, 0.29) is 25.5 Å². The fraction of sp³-hybridized carbons (Fsp3) is 0.457. The summed E-state index contributed by atoms with van der Waals surface area (Å²) in [6.45, 7) is 9.57. The lowest BCUT2D eigenvalue weighted by atomic mass is 9.87. The molecule has 1 aliphatic heterocycles. The van der Waals surface area contributed by atoms with Gasteiger partial charge >= 0.3 is 11.9 Å². The molecular formula is C35H43NO9. The van der Waals surface area contributed by atoms with Crippen LogP contribution >= 0.6 is 0 Å².